The number of aromatic nitrogens is 1. The van der Waals surface area contributed by atoms with Crippen molar-refractivity contribution in [2.24, 2.45) is 5.16 Å². The van der Waals surface area contributed by atoms with E-state index >= 15 is 0 Å². The second-order valence-electron chi connectivity index (χ2n) is 4.97. The molecule has 0 fully saturated rings. The van der Waals surface area contributed by atoms with Gasteiger partial charge >= 0.3 is 18.2 Å². The molecule has 0 bridgehead atoms. The highest BCUT2D eigenvalue weighted by Gasteiger charge is 2.32. The number of nitrogens with one attached hydrogen (secondary N) is 1. The van der Waals surface area contributed by atoms with Gasteiger partial charge in [0.05, 0.1) is 23.4 Å². The molecule has 1 amide bonds. The maximum atomic E-state index is 13.5. The van der Waals surface area contributed by atoms with Crippen molar-refractivity contribution >= 4 is 35.1 Å². The van der Waals surface area contributed by atoms with E-state index in [4.69, 9.17) is 11.6 Å². The van der Waals surface area contributed by atoms with E-state index in [0.29, 0.717) is 12.3 Å². The molecule has 148 valence electrons. The lowest BCUT2D eigenvalue weighted by molar-refractivity contribution is -0.137. The molecule has 1 N–H and O–H groups in total. The molecule has 0 saturated heterocycles. The zero-order chi connectivity index (χ0) is 20.9. The van der Waals surface area contributed by atoms with Crippen LogP contribution in [0.2, 0.25) is 5.02 Å². The number of amides is 1. The molecule has 1 heterocycles. The van der Waals surface area contributed by atoms with Gasteiger partial charge in [0.1, 0.15) is 11.5 Å². The summed E-state index contributed by atoms with van der Waals surface area (Å²) < 4.78 is 56.0. The predicted octanol–water partition coefficient (Wildman–Crippen LogP) is 4.02. The highest BCUT2D eigenvalue weighted by molar-refractivity contribution is 6.46. The third-order valence-electron chi connectivity index (χ3n) is 3.10. The number of hydrogen-bond donors (Lipinski definition) is 1. The van der Waals surface area contributed by atoms with Crippen molar-refractivity contribution in [2.45, 2.75) is 6.18 Å². The number of halogens is 5. The molecule has 0 aliphatic carbocycles. The van der Waals surface area contributed by atoms with Crippen LogP contribution in [-0.4, -0.2) is 29.9 Å². The second kappa shape index (κ2) is 8.65. The van der Waals surface area contributed by atoms with Gasteiger partial charge in [0.2, 0.25) is 5.71 Å². The molecule has 0 spiro atoms. The average molecular weight is 420 g/mol. The molecular formula is C16H10ClF4N3O4. The van der Waals surface area contributed by atoms with Gasteiger partial charge in [0, 0.05) is 6.20 Å². The standard InChI is InChI=1S/C16H10ClF4N3O4/c1-27-14(25)13(12-9(17)6-8(7-22-12)16(19,20)21)24-28-15(26)23-11-5-3-2-4-10(11)18/h2-7H,1H3,(H,23,26)/b24-13-. The minimum absolute atomic E-state index is 0.229. The molecule has 2 aromatic rings. The van der Waals surface area contributed by atoms with Gasteiger partial charge in [0.25, 0.3) is 0 Å². The van der Waals surface area contributed by atoms with Crippen molar-refractivity contribution < 1.29 is 36.7 Å². The van der Waals surface area contributed by atoms with Crippen LogP contribution in [0.4, 0.5) is 28.0 Å². The average Bonchev–Trinajstić information content (AvgIpc) is 2.63. The van der Waals surface area contributed by atoms with Crippen molar-refractivity contribution in [3.63, 3.8) is 0 Å². The third kappa shape index (κ3) is 5.16. The Morgan fingerprint density at radius 1 is 1.25 bits per heavy atom. The number of para-hydroxylation sites is 1. The first-order valence-electron chi connectivity index (χ1n) is 7.25. The van der Waals surface area contributed by atoms with Crippen LogP contribution < -0.4 is 5.32 Å². The maximum Gasteiger partial charge on any atom is 0.437 e. The summed E-state index contributed by atoms with van der Waals surface area (Å²) in [5, 5.41) is 4.66. The number of carbonyl (C=O) groups is 2. The monoisotopic (exact) mass is 419 g/mol. The molecular weight excluding hydrogens is 410 g/mol. The maximum absolute atomic E-state index is 13.5. The van der Waals surface area contributed by atoms with E-state index in [-0.39, 0.29) is 5.69 Å². The Balaban J connectivity index is 2.28. The molecule has 0 radical (unpaired) electrons. The summed E-state index contributed by atoms with van der Waals surface area (Å²) in [4.78, 5) is 31.4. The Hall–Kier alpha value is -3.21. The zero-order valence-electron chi connectivity index (χ0n) is 13.9. The van der Waals surface area contributed by atoms with Crippen molar-refractivity contribution in [3.8, 4) is 0 Å². The number of anilines is 1. The molecule has 1 aromatic heterocycles. The number of alkyl halides is 3. The highest BCUT2D eigenvalue weighted by Crippen LogP contribution is 2.31. The predicted molar refractivity (Wildman–Crippen MR) is 89.3 cm³/mol. The summed E-state index contributed by atoms with van der Waals surface area (Å²) in [6.07, 6.45) is -5.58. The first-order valence-corrected chi connectivity index (χ1v) is 7.63. The Labute approximate surface area is 159 Å². The highest BCUT2D eigenvalue weighted by atomic mass is 35.5. The molecule has 2 rings (SSSR count). The van der Waals surface area contributed by atoms with Crippen LogP contribution in [-0.2, 0) is 20.5 Å². The lowest BCUT2D eigenvalue weighted by atomic mass is 10.2. The lowest BCUT2D eigenvalue weighted by Crippen LogP contribution is -2.22. The van der Waals surface area contributed by atoms with Crippen LogP contribution in [0.25, 0.3) is 0 Å². The number of ether oxygens (including phenoxy) is 1. The zero-order valence-corrected chi connectivity index (χ0v) is 14.6. The molecule has 12 heteroatoms. The van der Waals surface area contributed by atoms with E-state index in [1.807, 2.05) is 5.32 Å². The largest absolute Gasteiger partial charge is 0.464 e. The Bertz CT molecular complexity index is 934. The molecule has 0 atom stereocenters. The van der Waals surface area contributed by atoms with Gasteiger partial charge in [-0.25, -0.2) is 14.0 Å². The van der Waals surface area contributed by atoms with Gasteiger partial charge in [-0.3, -0.25) is 15.1 Å². The third-order valence-corrected chi connectivity index (χ3v) is 3.39. The minimum Gasteiger partial charge on any atom is -0.464 e. The van der Waals surface area contributed by atoms with E-state index in [0.717, 1.165) is 13.2 Å². The van der Waals surface area contributed by atoms with Crippen molar-refractivity contribution in [3.05, 3.63) is 58.6 Å². The molecule has 0 saturated carbocycles. The van der Waals surface area contributed by atoms with E-state index < -0.39 is 46.0 Å². The van der Waals surface area contributed by atoms with Crippen molar-refractivity contribution in [1.82, 2.24) is 4.98 Å². The lowest BCUT2D eigenvalue weighted by Gasteiger charge is -2.10. The molecule has 28 heavy (non-hydrogen) atoms. The second-order valence-corrected chi connectivity index (χ2v) is 5.37. The number of hydrogen-bond acceptors (Lipinski definition) is 6. The normalized spacial score (nSPS) is 11.7. The van der Waals surface area contributed by atoms with E-state index in [1.54, 1.807) is 0 Å². The Morgan fingerprint density at radius 2 is 1.93 bits per heavy atom. The van der Waals surface area contributed by atoms with Crippen molar-refractivity contribution in [1.29, 1.82) is 0 Å². The number of carbonyl (C=O) groups excluding carboxylic acids is 2. The van der Waals surface area contributed by atoms with Crippen molar-refractivity contribution in [2.75, 3.05) is 12.4 Å². The summed E-state index contributed by atoms with van der Waals surface area (Å²) in [5.74, 6) is -1.95. The van der Waals surface area contributed by atoms with Gasteiger partial charge in [-0.1, -0.05) is 28.9 Å². The number of esters is 1. The number of methoxy groups -OCH3 is 1. The summed E-state index contributed by atoms with van der Waals surface area (Å²) in [6.45, 7) is 0. The SMILES string of the molecule is COC(=O)/C(=N\OC(=O)Nc1ccccc1F)c1ncc(C(F)(F)F)cc1Cl. The topological polar surface area (TPSA) is 89.9 Å². The van der Waals surface area contributed by atoms with Gasteiger partial charge < -0.3 is 4.74 Å². The smallest absolute Gasteiger partial charge is 0.437 e. The van der Waals surface area contributed by atoms with Gasteiger partial charge in [-0.05, 0) is 18.2 Å². The van der Waals surface area contributed by atoms with Crippen LogP contribution in [0.3, 0.4) is 0 Å². The van der Waals surface area contributed by atoms with Crippen LogP contribution >= 0.6 is 11.6 Å². The number of benzene rings is 1. The van der Waals surface area contributed by atoms with E-state index in [9.17, 15) is 27.2 Å². The molecule has 7 nitrogen and oxygen atoms in total. The summed E-state index contributed by atoms with van der Waals surface area (Å²) in [5.41, 5.74) is -2.68. The first kappa shape index (κ1) is 21.1. The van der Waals surface area contributed by atoms with Crippen LogP contribution in [0, 0.1) is 5.82 Å². The molecule has 0 aliphatic heterocycles. The molecule has 1 aromatic carbocycles. The fraction of sp³-hybridized carbons (Fsp3) is 0.125. The van der Waals surface area contributed by atoms with Crippen LogP contribution in [0.15, 0.2) is 41.7 Å². The van der Waals surface area contributed by atoms with Gasteiger partial charge in [-0.2, -0.15) is 13.2 Å². The Morgan fingerprint density at radius 3 is 2.50 bits per heavy atom. The van der Waals surface area contributed by atoms with Gasteiger partial charge in [-0.15, -0.1) is 0 Å². The quantitative estimate of drug-likeness (QED) is 0.266. The fourth-order valence-corrected chi connectivity index (χ4v) is 2.08. The van der Waals surface area contributed by atoms with Crippen LogP contribution in [0.1, 0.15) is 11.3 Å². The number of oxime groups is 1. The Kier molecular flexibility index (Phi) is 6.52. The fourth-order valence-electron chi connectivity index (χ4n) is 1.82. The number of nitrogens with zero attached hydrogens (tertiary/aromatic N) is 2. The number of pyridine rings is 1. The number of rotatable bonds is 4. The first-order chi connectivity index (χ1) is 13.1. The summed E-state index contributed by atoms with van der Waals surface area (Å²) in [7, 11) is 0.954. The van der Waals surface area contributed by atoms with E-state index in [2.05, 4.69) is 19.7 Å². The van der Waals surface area contributed by atoms with E-state index in [1.165, 1.54) is 18.2 Å². The summed E-state index contributed by atoms with van der Waals surface area (Å²) >= 11 is 5.74. The minimum atomic E-state index is -4.71. The van der Waals surface area contributed by atoms with Gasteiger partial charge in [0.15, 0.2) is 0 Å². The summed E-state index contributed by atoms with van der Waals surface area (Å²) in [6, 6.07) is 5.65. The molecule has 0 aliphatic rings. The van der Waals surface area contributed by atoms with Crippen LogP contribution in [0.5, 0.6) is 0 Å². The molecule has 0 unspecified atom stereocenters.